The summed E-state index contributed by atoms with van der Waals surface area (Å²) in [5.74, 6) is 0.00932. The molecule has 0 saturated heterocycles. The Morgan fingerprint density at radius 2 is 1.83 bits per heavy atom. The zero-order chi connectivity index (χ0) is 16.7. The van der Waals surface area contributed by atoms with Gasteiger partial charge in [-0.25, -0.2) is 4.39 Å². The molecule has 1 aliphatic heterocycles. The Labute approximate surface area is 153 Å². The smallest absolute Gasteiger partial charge is 0.214 e. The first-order chi connectivity index (χ1) is 11.6. The van der Waals surface area contributed by atoms with Gasteiger partial charge in [0.15, 0.2) is 12.0 Å². The third kappa shape index (κ3) is 2.81. The van der Waals surface area contributed by atoms with Crippen LogP contribution in [0.2, 0.25) is 0 Å². The molecule has 2 aromatic rings. The fraction of sp³-hybridized carbons (Fsp3) is 0.211. The largest absolute Gasteiger partial charge is 0.462 e. The van der Waals surface area contributed by atoms with Crippen molar-refractivity contribution in [2.75, 3.05) is 0 Å². The monoisotopic (exact) mass is 435 g/mol. The number of Topliss-reactive ketones (excluding diaryl/α,β-unsaturated/α-hetero) is 1. The molecule has 3 nitrogen and oxygen atoms in total. The van der Waals surface area contributed by atoms with Crippen LogP contribution < -0.4 is 5.32 Å². The minimum atomic E-state index is -0.679. The zero-order valence-corrected chi connectivity index (χ0v) is 14.9. The molecular formula is C19H15FINO2. The van der Waals surface area contributed by atoms with E-state index in [1.165, 1.54) is 6.07 Å². The first kappa shape index (κ1) is 15.6. The molecule has 0 aromatic heterocycles. The second-order valence-electron chi connectivity index (χ2n) is 6.00. The number of nitrogens with one attached hydrogen (secondary N) is 1. The molecule has 0 radical (unpaired) electrons. The summed E-state index contributed by atoms with van der Waals surface area (Å²) < 4.78 is 20.4. The maximum absolute atomic E-state index is 14.0. The second-order valence-corrected chi connectivity index (χ2v) is 7.08. The minimum Gasteiger partial charge on any atom is -0.462 e. The van der Waals surface area contributed by atoms with Crippen molar-refractivity contribution in [3.63, 3.8) is 0 Å². The van der Waals surface area contributed by atoms with E-state index in [9.17, 15) is 9.18 Å². The fourth-order valence-electron chi connectivity index (χ4n) is 2.79. The number of carbonyl (C=O) groups excluding carboxylic acids is 1. The van der Waals surface area contributed by atoms with Gasteiger partial charge in [0, 0.05) is 17.2 Å². The van der Waals surface area contributed by atoms with E-state index in [2.05, 4.69) is 5.32 Å². The summed E-state index contributed by atoms with van der Waals surface area (Å²) in [4.78, 5) is 13.0. The van der Waals surface area contributed by atoms with Gasteiger partial charge in [-0.05, 0) is 41.5 Å². The van der Waals surface area contributed by atoms with E-state index in [0.717, 1.165) is 18.4 Å². The summed E-state index contributed by atoms with van der Waals surface area (Å²) in [7, 11) is 0. The topological polar surface area (TPSA) is 38.3 Å². The molecule has 5 heteroatoms. The van der Waals surface area contributed by atoms with Crippen LogP contribution in [-0.2, 0) is 9.53 Å². The number of benzene rings is 2. The lowest BCUT2D eigenvalue weighted by atomic mass is 9.97. The van der Waals surface area contributed by atoms with Crippen molar-refractivity contribution in [3.05, 3.63) is 74.9 Å². The highest BCUT2D eigenvalue weighted by Gasteiger charge is 2.39. The normalized spacial score (nSPS) is 20.2. The fourth-order valence-corrected chi connectivity index (χ4v) is 3.42. The third-order valence-electron chi connectivity index (χ3n) is 4.18. The number of halogens is 2. The summed E-state index contributed by atoms with van der Waals surface area (Å²) in [6.45, 7) is 0. The van der Waals surface area contributed by atoms with Crippen molar-refractivity contribution in [3.8, 4) is 0 Å². The molecule has 1 aliphatic carbocycles. The molecule has 0 bridgehead atoms. The highest BCUT2D eigenvalue weighted by atomic mass is 127. The Morgan fingerprint density at radius 1 is 1.08 bits per heavy atom. The van der Waals surface area contributed by atoms with Gasteiger partial charge in [-0.2, -0.15) is 0 Å². The first-order valence-corrected chi connectivity index (χ1v) is 8.94. The minimum absolute atomic E-state index is 0.132. The van der Waals surface area contributed by atoms with Crippen molar-refractivity contribution in [1.29, 1.82) is 0 Å². The number of carbonyl (C=O) groups is 1. The Morgan fingerprint density at radius 3 is 2.54 bits per heavy atom. The molecular weight excluding hydrogens is 420 g/mol. The number of ether oxygens (including phenoxy) is 1. The number of ketones is 1. The molecule has 0 spiro atoms. The van der Waals surface area contributed by atoms with Gasteiger partial charge in [0.1, 0.15) is 5.82 Å². The van der Waals surface area contributed by atoms with E-state index < -0.39 is 6.10 Å². The second kappa shape index (κ2) is 6.20. The number of hydrogen-bond acceptors (Lipinski definition) is 3. The Balaban J connectivity index is 1.77. The van der Waals surface area contributed by atoms with Gasteiger partial charge in [0.25, 0.3) is 0 Å². The van der Waals surface area contributed by atoms with Crippen molar-refractivity contribution >= 4 is 33.9 Å². The van der Waals surface area contributed by atoms with Crippen molar-refractivity contribution in [2.24, 2.45) is 0 Å². The van der Waals surface area contributed by atoms with Gasteiger partial charge in [-0.1, -0.05) is 42.5 Å². The quantitative estimate of drug-likeness (QED) is 0.733. The van der Waals surface area contributed by atoms with Crippen molar-refractivity contribution in [1.82, 2.24) is 5.32 Å². The van der Waals surface area contributed by atoms with Crippen LogP contribution in [0, 0.1) is 9.39 Å². The summed E-state index contributed by atoms with van der Waals surface area (Å²) >= 11 is 1.94. The van der Waals surface area contributed by atoms with Crippen LogP contribution in [0.4, 0.5) is 4.39 Å². The van der Waals surface area contributed by atoms with E-state index in [0.29, 0.717) is 26.6 Å². The van der Waals surface area contributed by atoms with Gasteiger partial charge in [-0.15, -0.1) is 0 Å². The lowest BCUT2D eigenvalue weighted by Gasteiger charge is -2.12. The van der Waals surface area contributed by atoms with E-state index in [4.69, 9.17) is 4.74 Å². The van der Waals surface area contributed by atoms with E-state index in [-0.39, 0.29) is 11.6 Å². The predicted molar refractivity (Wildman–Crippen MR) is 97.5 cm³/mol. The van der Waals surface area contributed by atoms with Gasteiger partial charge < -0.3 is 10.1 Å². The maximum atomic E-state index is 14.0. The SMILES string of the molecule is O=C1C(c2cccc(F)c2I)=C(NC2CC2)OC1c1ccccc1. The number of rotatable bonds is 4. The highest BCUT2D eigenvalue weighted by molar-refractivity contribution is 14.1. The Hall–Kier alpha value is -1.89. The van der Waals surface area contributed by atoms with Crippen LogP contribution in [-0.4, -0.2) is 11.8 Å². The molecule has 1 atom stereocenters. The first-order valence-electron chi connectivity index (χ1n) is 7.86. The molecule has 24 heavy (non-hydrogen) atoms. The van der Waals surface area contributed by atoms with Crippen LogP contribution in [0.25, 0.3) is 5.57 Å². The molecule has 1 fully saturated rings. The van der Waals surface area contributed by atoms with Crippen LogP contribution in [0.5, 0.6) is 0 Å². The van der Waals surface area contributed by atoms with E-state index >= 15 is 0 Å². The van der Waals surface area contributed by atoms with Crippen LogP contribution >= 0.6 is 22.6 Å². The Kier molecular flexibility index (Phi) is 4.04. The van der Waals surface area contributed by atoms with Gasteiger partial charge in [-0.3, -0.25) is 4.79 Å². The molecule has 122 valence electrons. The Bertz CT molecular complexity index is 831. The van der Waals surface area contributed by atoms with E-state index in [1.54, 1.807) is 12.1 Å². The van der Waals surface area contributed by atoms with Crippen molar-refractivity contribution < 1.29 is 13.9 Å². The summed E-state index contributed by atoms with van der Waals surface area (Å²) in [5, 5.41) is 3.29. The van der Waals surface area contributed by atoms with E-state index in [1.807, 2.05) is 52.9 Å². The lowest BCUT2D eigenvalue weighted by Crippen LogP contribution is -2.17. The maximum Gasteiger partial charge on any atom is 0.214 e. The molecule has 0 amide bonds. The standard InChI is InChI=1S/C19H15FINO2/c20-14-8-4-7-13(16(14)21)15-17(23)18(11-5-2-1-3-6-11)24-19(15)22-12-9-10-12/h1-8,12,18,22H,9-10H2. The number of hydrogen-bond donors (Lipinski definition) is 1. The third-order valence-corrected chi connectivity index (χ3v) is 5.28. The molecule has 1 N–H and O–H groups in total. The summed E-state index contributed by atoms with van der Waals surface area (Å²) in [5.41, 5.74) is 1.83. The summed E-state index contributed by atoms with van der Waals surface area (Å²) in [6, 6.07) is 14.5. The molecule has 2 aliphatic rings. The lowest BCUT2D eigenvalue weighted by molar-refractivity contribution is -0.120. The van der Waals surface area contributed by atoms with Gasteiger partial charge >= 0.3 is 0 Å². The molecule has 4 rings (SSSR count). The molecule has 1 saturated carbocycles. The van der Waals surface area contributed by atoms with Crippen LogP contribution in [0.1, 0.15) is 30.1 Å². The molecule has 2 aromatic carbocycles. The average Bonchev–Trinajstić information content (AvgIpc) is 3.35. The molecule has 1 unspecified atom stereocenters. The highest BCUT2D eigenvalue weighted by Crippen LogP contribution is 2.40. The molecule has 1 heterocycles. The average molecular weight is 435 g/mol. The summed E-state index contributed by atoms with van der Waals surface area (Å²) in [6.07, 6.45) is 1.44. The van der Waals surface area contributed by atoms with Gasteiger partial charge in [0.05, 0.1) is 9.14 Å². The van der Waals surface area contributed by atoms with Gasteiger partial charge in [0.2, 0.25) is 5.78 Å². The van der Waals surface area contributed by atoms with Crippen LogP contribution in [0.15, 0.2) is 54.4 Å². The van der Waals surface area contributed by atoms with Crippen LogP contribution in [0.3, 0.4) is 0 Å². The zero-order valence-electron chi connectivity index (χ0n) is 12.8. The predicted octanol–water partition coefficient (Wildman–Crippen LogP) is 4.19. The van der Waals surface area contributed by atoms with Crippen molar-refractivity contribution in [2.45, 2.75) is 25.0 Å².